The van der Waals surface area contributed by atoms with Crippen LogP contribution in [0, 0.1) is 5.41 Å². The summed E-state index contributed by atoms with van der Waals surface area (Å²) in [4.78, 5) is 12.4. The van der Waals surface area contributed by atoms with Gasteiger partial charge in [0.1, 0.15) is 6.29 Å². The molecule has 112 valence electrons. The van der Waals surface area contributed by atoms with Gasteiger partial charge < -0.3 is 9.69 Å². The molecule has 2 nitrogen and oxygen atoms in total. The molecule has 0 saturated carbocycles. The van der Waals surface area contributed by atoms with E-state index < -0.39 is 0 Å². The van der Waals surface area contributed by atoms with Crippen molar-refractivity contribution in [3.05, 3.63) is 0 Å². The summed E-state index contributed by atoms with van der Waals surface area (Å²) >= 11 is 0. The van der Waals surface area contributed by atoms with E-state index in [0.29, 0.717) is 0 Å². The molecule has 0 aromatic rings. The lowest BCUT2D eigenvalue weighted by Gasteiger charge is -2.24. The zero-order chi connectivity index (χ0) is 15.2. The van der Waals surface area contributed by atoms with Crippen LogP contribution in [0.5, 0.6) is 0 Å². The Kier molecular flexibility index (Phi) is 18.6. The lowest BCUT2D eigenvalue weighted by Crippen LogP contribution is -2.32. The van der Waals surface area contributed by atoms with Crippen LogP contribution in [0.15, 0.2) is 0 Å². The fourth-order valence-electron chi connectivity index (χ4n) is 1.20. The lowest BCUT2D eigenvalue weighted by molar-refractivity contribution is -0.113. The molecular weight excluding hydrogens is 222 g/mol. The molecule has 2 heteroatoms. The van der Waals surface area contributed by atoms with Crippen LogP contribution in [-0.4, -0.2) is 30.3 Å². The summed E-state index contributed by atoms with van der Waals surface area (Å²) in [7, 11) is 0. The molecule has 0 N–H and O–H groups in total. The molecule has 0 spiro atoms. The van der Waals surface area contributed by atoms with Crippen LogP contribution in [0.4, 0.5) is 0 Å². The van der Waals surface area contributed by atoms with Gasteiger partial charge in [-0.1, -0.05) is 48.5 Å². The monoisotopic (exact) mass is 259 g/mol. The molecule has 0 rings (SSSR count). The molecule has 0 aliphatic rings. The Hall–Kier alpha value is -0.370. The second kappa shape index (κ2) is 14.7. The standard InChI is InChI=1S/C9H21N.C5H10O.C2H6/c1-5-7-10(8-6-2)9(3)4;1-5(2,3)4-6;1-2/h9H,5-8H2,1-4H3;4H,1-3H3;1-2H3. The van der Waals surface area contributed by atoms with Crippen molar-refractivity contribution in [1.82, 2.24) is 4.90 Å². The first-order valence-electron chi connectivity index (χ1n) is 7.48. The van der Waals surface area contributed by atoms with Gasteiger partial charge in [-0.2, -0.15) is 0 Å². The van der Waals surface area contributed by atoms with E-state index in [9.17, 15) is 4.79 Å². The Morgan fingerprint density at radius 1 is 1.00 bits per heavy atom. The van der Waals surface area contributed by atoms with Crippen LogP contribution in [0.2, 0.25) is 0 Å². The van der Waals surface area contributed by atoms with Crippen molar-refractivity contribution in [2.24, 2.45) is 5.41 Å². The Bertz CT molecular complexity index is 153. The molecule has 0 aliphatic carbocycles. The molecule has 0 atom stereocenters. The van der Waals surface area contributed by atoms with Crippen LogP contribution in [0.3, 0.4) is 0 Å². The lowest BCUT2D eigenvalue weighted by atomic mass is 10.0. The molecule has 0 aliphatic heterocycles. The Labute approximate surface area is 116 Å². The summed E-state index contributed by atoms with van der Waals surface area (Å²) in [6.07, 6.45) is 3.49. The molecule has 0 saturated heterocycles. The molecular formula is C16H37NO. The first-order chi connectivity index (χ1) is 8.28. The molecule has 0 fully saturated rings. The highest BCUT2D eigenvalue weighted by molar-refractivity contribution is 5.56. The molecule has 0 radical (unpaired) electrons. The summed E-state index contributed by atoms with van der Waals surface area (Å²) in [5.74, 6) is 0. The predicted octanol–water partition coefficient (Wildman–Crippen LogP) is 4.77. The maximum Gasteiger partial charge on any atom is 0.125 e. The van der Waals surface area contributed by atoms with E-state index in [1.54, 1.807) is 0 Å². The van der Waals surface area contributed by atoms with Crippen molar-refractivity contribution in [2.75, 3.05) is 13.1 Å². The smallest absolute Gasteiger partial charge is 0.125 e. The van der Waals surface area contributed by atoms with E-state index in [0.717, 1.165) is 12.3 Å². The normalized spacial score (nSPS) is 10.4. The van der Waals surface area contributed by atoms with Gasteiger partial charge in [0.2, 0.25) is 0 Å². The van der Waals surface area contributed by atoms with Crippen LogP contribution >= 0.6 is 0 Å². The van der Waals surface area contributed by atoms with Gasteiger partial charge in [0.05, 0.1) is 0 Å². The highest BCUT2D eigenvalue weighted by Gasteiger charge is 2.05. The SMILES string of the molecule is CC.CC(C)(C)C=O.CCCN(CCC)C(C)C. The summed E-state index contributed by atoms with van der Waals surface area (Å²) in [6.45, 7) is 21.2. The molecule has 0 aromatic heterocycles. The predicted molar refractivity (Wildman–Crippen MR) is 84.2 cm³/mol. The average Bonchev–Trinajstić information content (AvgIpc) is 2.31. The average molecular weight is 259 g/mol. The topological polar surface area (TPSA) is 20.3 Å². The van der Waals surface area contributed by atoms with Gasteiger partial charge in [-0.25, -0.2) is 0 Å². The van der Waals surface area contributed by atoms with Crippen molar-refractivity contribution in [3.63, 3.8) is 0 Å². The van der Waals surface area contributed by atoms with E-state index >= 15 is 0 Å². The van der Waals surface area contributed by atoms with E-state index in [2.05, 4.69) is 32.6 Å². The molecule has 0 bridgehead atoms. The highest BCUT2D eigenvalue weighted by atomic mass is 16.1. The first kappa shape index (κ1) is 22.8. The Morgan fingerprint density at radius 3 is 1.39 bits per heavy atom. The molecule has 0 aromatic carbocycles. The van der Waals surface area contributed by atoms with Crippen LogP contribution in [0.1, 0.15) is 75.2 Å². The molecule has 0 amide bonds. The van der Waals surface area contributed by atoms with E-state index in [-0.39, 0.29) is 5.41 Å². The minimum absolute atomic E-state index is 0.139. The number of carbonyl (C=O) groups is 1. The van der Waals surface area contributed by atoms with Crippen LogP contribution < -0.4 is 0 Å². The highest BCUT2D eigenvalue weighted by Crippen LogP contribution is 2.05. The van der Waals surface area contributed by atoms with Gasteiger partial charge in [-0.15, -0.1) is 0 Å². The van der Waals surface area contributed by atoms with Gasteiger partial charge >= 0.3 is 0 Å². The first-order valence-corrected chi connectivity index (χ1v) is 7.48. The second-order valence-corrected chi connectivity index (χ2v) is 5.61. The maximum absolute atomic E-state index is 9.83. The number of hydrogen-bond donors (Lipinski definition) is 0. The van der Waals surface area contributed by atoms with Crippen molar-refractivity contribution < 1.29 is 4.79 Å². The van der Waals surface area contributed by atoms with Crippen LogP contribution in [0.25, 0.3) is 0 Å². The van der Waals surface area contributed by atoms with Gasteiger partial charge in [0.15, 0.2) is 0 Å². The zero-order valence-corrected chi connectivity index (χ0v) is 14.3. The zero-order valence-electron chi connectivity index (χ0n) is 14.3. The summed E-state index contributed by atoms with van der Waals surface area (Å²) in [5, 5.41) is 0. The fraction of sp³-hybridized carbons (Fsp3) is 0.938. The van der Waals surface area contributed by atoms with Crippen molar-refractivity contribution in [2.45, 2.75) is 81.2 Å². The number of carbonyl (C=O) groups excluding carboxylic acids is 1. The third kappa shape index (κ3) is 21.0. The van der Waals surface area contributed by atoms with Gasteiger partial charge in [0, 0.05) is 11.5 Å². The number of rotatable bonds is 5. The maximum atomic E-state index is 9.83. The minimum Gasteiger partial charge on any atom is -0.303 e. The van der Waals surface area contributed by atoms with E-state index in [1.807, 2.05) is 34.6 Å². The quantitative estimate of drug-likeness (QED) is 0.663. The third-order valence-corrected chi connectivity index (χ3v) is 2.11. The summed E-state index contributed by atoms with van der Waals surface area (Å²) < 4.78 is 0. The second-order valence-electron chi connectivity index (χ2n) is 5.61. The van der Waals surface area contributed by atoms with E-state index in [4.69, 9.17) is 0 Å². The third-order valence-electron chi connectivity index (χ3n) is 2.11. The number of hydrogen-bond acceptors (Lipinski definition) is 2. The van der Waals surface area contributed by atoms with Crippen molar-refractivity contribution >= 4 is 6.29 Å². The minimum atomic E-state index is -0.139. The van der Waals surface area contributed by atoms with Crippen LogP contribution in [-0.2, 0) is 4.79 Å². The van der Waals surface area contributed by atoms with Crippen molar-refractivity contribution in [3.8, 4) is 0 Å². The summed E-state index contributed by atoms with van der Waals surface area (Å²) in [5.41, 5.74) is -0.139. The number of aldehydes is 1. The fourth-order valence-corrected chi connectivity index (χ4v) is 1.20. The Balaban J connectivity index is -0.000000241. The largest absolute Gasteiger partial charge is 0.303 e. The Morgan fingerprint density at radius 2 is 1.28 bits per heavy atom. The van der Waals surface area contributed by atoms with E-state index in [1.165, 1.54) is 25.9 Å². The molecule has 18 heavy (non-hydrogen) atoms. The number of nitrogens with zero attached hydrogens (tertiary/aromatic N) is 1. The van der Waals surface area contributed by atoms with Gasteiger partial charge in [0.25, 0.3) is 0 Å². The molecule has 0 unspecified atom stereocenters. The van der Waals surface area contributed by atoms with Crippen molar-refractivity contribution in [1.29, 1.82) is 0 Å². The van der Waals surface area contributed by atoms with Gasteiger partial charge in [-0.05, 0) is 39.8 Å². The summed E-state index contributed by atoms with van der Waals surface area (Å²) in [6, 6.07) is 0.722. The van der Waals surface area contributed by atoms with Gasteiger partial charge in [-0.3, -0.25) is 0 Å². The molecule has 0 heterocycles.